The quantitative estimate of drug-likeness (QED) is 0.858. The van der Waals surface area contributed by atoms with Gasteiger partial charge in [0.25, 0.3) is 0 Å². The molecule has 2 unspecified atom stereocenters. The van der Waals surface area contributed by atoms with Gasteiger partial charge < -0.3 is 10.1 Å². The van der Waals surface area contributed by atoms with Crippen LogP contribution in [0, 0.1) is 17.8 Å². The molecule has 2 aliphatic heterocycles. The van der Waals surface area contributed by atoms with Gasteiger partial charge in [-0.1, -0.05) is 43.1 Å². The van der Waals surface area contributed by atoms with Gasteiger partial charge in [0, 0.05) is 18.0 Å². The smallest absolute Gasteiger partial charge is 0.139 e. The molecule has 1 N–H and O–H groups in total. The first kappa shape index (κ1) is 15.5. The van der Waals surface area contributed by atoms with Gasteiger partial charge in [-0.3, -0.25) is 0 Å². The summed E-state index contributed by atoms with van der Waals surface area (Å²) in [4.78, 5) is 0. The largest absolute Gasteiger partial charge is 0.492 e. The highest BCUT2D eigenvalue weighted by Crippen LogP contribution is 2.40. The van der Waals surface area contributed by atoms with Crippen molar-refractivity contribution >= 4 is 23.2 Å². The maximum Gasteiger partial charge on any atom is 0.139 e. The highest BCUT2D eigenvalue weighted by molar-refractivity contribution is 6.42. The minimum absolute atomic E-state index is 0.522. The normalized spacial score (nSPS) is 31.7. The summed E-state index contributed by atoms with van der Waals surface area (Å²) in [5, 5.41) is 4.82. The summed E-state index contributed by atoms with van der Waals surface area (Å²) in [6.45, 7) is 5.37. The third kappa shape index (κ3) is 3.18. The fourth-order valence-electron chi connectivity index (χ4n) is 3.96. The van der Waals surface area contributed by atoms with E-state index in [0.29, 0.717) is 46.3 Å². The van der Waals surface area contributed by atoms with Crippen molar-refractivity contribution in [3.05, 3.63) is 28.2 Å². The first-order valence-corrected chi connectivity index (χ1v) is 8.64. The number of nitrogens with one attached hydrogen (secondary N) is 1. The molecular formula is C17H23Cl2NO. The maximum atomic E-state index is 6.22. The lowest BCUT2D eigenvalue weighted by Gasteiger charge is -2.39. The van der Waals surface area contributed by atoms with E-state index in [9.17, 15) is 0 Å². The minimum Gasteiger partial charge on any atom is -0.492 e. The molecular weight excluding hydrogens is 305 g/mol. The van der Waals surface area contributed by atoms with Gasteiger partial charge in [0.15, 0.2) is 0 Å². The molecule has 2 fully saturated rings. The van der Waals surface area contributed by atoms with E-state index in [1.807, 2.05) is 12.1 Å². The molecule has 2 saturated heterocycles. The van der Waals surface area contributed by atoms with Crippen molar-refractivity contribution in [3.63, 3.8) is 0 Å². The van der Waals surface area contributed by atoms with Gasteiger partial charge >= 0.3 is 0 Å². The van der Waals surface area contributed by atoms with Crippen LogP contribution in [0.4, 0.5) is 0 Å². The standard InChI is InChI=1S/C17H23Cl2NO/c1-10(2)12-8-11-6-7-15(20-11)13(12)9-21-16-5-3-4-14(18)17(16)19/h3-5,10-13,15,20H,6-9H2,1-2H3/t11?,12-,13-,15?/m0/s1. The molecule has 2 heterocycles. The molecule has 2 aliphatic rings. The summed E-state index contributed by atoms with van der Waals surface area (Å²) in [6.07, 6.45) is 3.85. The van der Waals surface area contributed by atoms with Gasteiger partial charge in [0.2, 0.25) is 0 Å². The molecule has 0 spiro atoms. The second kappa shape index (κ2) is 6.36. The van der Waals surface area contributed by atoms with Gasteiger partial charge in [-0.2, -0.15) is 0 Å². The van der Waals surface area contributed by atoms with E-state index < -0.39 is 0 Å². The van der Waals surface area contributed by atoms with E-state index in [0.717, 1.165) is 5.92 Å². The third-order valence-electron chi connectivity index (χ3n) is 5.10. The summed E-state index contributed by atoms with van der Waals surface area (Å²) in [5.74, 6) is 2.67. The maximum absolute atomic E-state index is 6.22. The van der Waals surface area contributed by atoms with E-state index in [1.54, 1.807) is 6.07 Å². The van der Waals surface area contributed by atoms with E-state index in [2.05, 4.69) is 19.2 Å². The van der Waals surface area contributed by atoms with Crippen LogP contribution >= 0.6 is 23.2 Å². The predicted octanol–water partition coefficient (Wildman–Crippen LogP) is 4.78. The first-order valence-electron chi connectivity index (χ1n) is 7.89. The van der Waals surface area contributed by atoms with Crippen molar-refractivity contribution in [2.45, 2.75) is 45.2 Å². The SMILES string of the molecule is CC(C)[C@@H]1CC2CCC(N2)[C@H]1COc1cccc(Cl)c1Cl. The Kier molecular flexibility index (Phi) is 4.68. The van der Waals surface area contributed by atoms with Crippen LogP contribution in [0.1, 0.15) is 33.1 Å². The highest BCUT2D eigenvalue weighted by atomic mass is 35.5. The molecule has 2 nitrogen and oxygen atoms in total. The van der Waals surface area contributed by atoms with E-state index >= 15 is 0 Å². The van der Waals surface area contributed by atoms with Gasteiger partial charge in [0.05, 0.1) is 11.6 Å². The van der Waals surface area contributed by atoms with Crippen LogP contribution in [-0.2, 0) is 0 Å². The molecule has 0 amide bonds. The molecule has 0 aromatic heterocycles. The Labute approximate surface area is 137 Å². The minimum atomic E-state index is 0.522. The second-order valence-corrected chi connectivity index (χ2v) is 7.50. The van der Waals surface area contributed by atoms with Crippen LogP contribution in [0.3, 0.4) is 0 Å². The number of fused-ring (bicyclic) bond motifs is 2. The lowest BCUT2D eigenvalue weighted by Crippen LogP contribution is -2.49. The molecule has 4 heteroatoms. The fraction of sp³-hybridized carbons (Fsp3) is 0.647. The molecule has 21 heavy (non-hydrogen) atoms. The average Bonchev–Trinajstić information content (AvgIpc) is 2.84. The van der Waals surface area contributed by atoms with Gasteiger partial charge in [0.1, 0.15) is 10.8 Å². The molecule has 1 aromatic carbocycles. The topological polar surface area (TPSA) is 21.3 Å². The molecule has 0 radical (unpaired) electrons. The molecule has 3 rings (SSSR count). The van der Waals surface area contributed by atoms with Crippen LogP contribution in [-0.4, -0.2) is 18.7 Å². The molecule has 0 saturated carbocycles. The average molecular weight is 328 g/mol. The van der Waals surface area contributed by atoms with Crippen molar-refractivity contribution < 1.29 is 4.74 Å². The lowest BCUT2D eigenvalue weighted by atomic mass is 9.75. The number of hydrogen-bond donors (Lipinski definition) is 1. The number of hydrogen-bond acceptors (Lipinski definition) is 2. The van der Waals surface area contributed by atoms with Crippen LogP contribution in [0.5, 0.6) is 5.75 Å². The van der Waals surface area contributed by atoms with Crippen LogP contribution < -0.4 is 10.1 Å². The summed E-state index contributed by atoms with van der Waals surface area (Å²) >= 11 is 12.3. The fourth-order valence-corrected chi connectivity index (χ4v) is 4.31. The van der Waals surface area contributed by atoms with Crippen LogP contribution in [0.15, 0.2) is 18.2 Å². The summed E-state index contributed by atoms with van der Waals surface area (Å²) in [5.41, 5.74) is 0. The number of halogens is 2. The van der Waals surface area contributed by atoms with Gasteiger partial charge in [-0.05, 0) is 43.2 Å². The zero-order chi connectivity index (χ0) is 15.0. The number of piperidine rings is 1. The number of benzene rings is 1. The zero-order valence-corrected chi connectivity index (χ0v) is 14.1. The zero-order valence-electron chi connectivity index (χ0n) is 12.6. The second-order valence-electron chi connectivity index (χ2n) is 6.72. The molecule has 0 aliphatic carbocycles. The van der Waals surface area contributed by atoms with Crippen molar-refractivity contribution in [2.75, 3.05) is 6.61 Å². The molecule has 2 bridgehead atoms. The Hall–Kier alpha value is -0.440. The van der Waals surface area contributed by atoms with Crippen LogP contribution in [0.25, 0.3) is 0 Å². The molecule has 4 atom stereocenters. The summed E-state index contributed by atoms with van der Waals surface area (Å²) in [7, 11) is 0. The van der Waals surface area contributed by atoms with Crippen molar-refractivity contribution in [1.82, 2.24) is 5.32 Å². The van der Waals surface area contributed by atoms with Gasteiger partial charge in [-0.15, -0.1) is 0 Å². The summed E-state index contributed by atoms with van der Waals surface area (Å²) < 4.78 is 6.03. The Bertz CT molecular complexity index is 506. The van der Waals surface area contributed by atoms with E-state index in [4.69, 9.17) is 27.9 Å². The van der Waals surface area contributed by atoms with E-state index in [-0.39, 0.29) is 0 Å². The van der Waals surface area contributed by atoms with Crippen molar-refractivity contribution in [2.24, 2.45) is 17.8 Å². The number of ether oxygens (including phenoxy) is 1. The highest BCUT2D eigenvalue weighted by Gasteiger charge is 2.42. The monoisotopic (exact) mass is 327 g/mol. The van der Waals surface area contributed by atoms with Crippen molar-refractivity contribution in [3.8, 4) is 5.75 Å². The Morgan fingerprint density at radius 3 is 2.86 bits per heavy atom. The Balaban J connectivity index is 1.71. The van der Waals surface area contributed by atoms with Crippen molar-refractivity contribution in [1.29, 1.82) is 0 Å². The Morgan fingerprint density at radius 2 is 2.10 bits per heavy atom. The van der Waals surface area contributed by atoms with Crippen LogP contribution in [0.2, 0.25) is 10.0 Å². The Morgan fingerprint density at radius 1 is 1.29 bits per heavy atom. The lowest BCUT2D eigenvalue weighted by molar-refractivity contribution is 0.0935. The predicted molar refractivity (Wildman–Crippen MR) is 88.3 cm³/mol. The van der Waals surface area contributed by atoms with E-state index in [1.165, 1.54) is 19.3 Å². The molecule has 1 aromatic rings. The first-order chi connectivity index (χ1) is 10.1. The molecule has 116 valence electrons. The summed E-state index contributed by atoms with van der Waals surface area (Å²) in [6, 6.07) is 6.88. The number of rotatable bonds is 4. The van der Waals surface area contributed by atoms with Gasteiger partial charge in [-0.25, -0.2) is 0 Å². The third-order valence-corrected chi connectivity index (χ3v) is 5.90.